The molecule has 0 aliphatic carbocycles. The highest BCUT2D eigenvalue weighted by Crippen LogP contribution is 2.29. The summed E-state index contributed by atoms with van der Waals surface area (Å²) in [7, 11) is 0. The van der Waals surface area contributed by atoms with E-state index >= 15 is 0 Å². The highest BCUT2D eigenvalue weighted by Gasteiger charge is 2.16. The number of thiophene rings is 1. The molecule has 2 aromatic rings. The van der Waals surface area contributed by atoms with Gasteiger partial charge in [-0.3, -0.25) is 0 Å². The molecular weight excluding hydrogens is 232 g/mol. The summed E-state index contributed by atoms with van der Waals surface area (Å²) in [6.45, 7) is 9.24. The summed E-state index contributed by atoms with van der Waals surface area (Å²) in [5, 5.41) is 7.66. The van der Waals surface area contributed by atoms with Crippen molar-refractivity contribution < 1.29 is 4.42 Å². The average molecular weight is 250 g/mol. The largest absolute Gasteiger partial charge is 0.443 e. The van der Waals surface area contributed by atoms with E-state index in [4.69, 9.17) is 4.42 Å². The Morgan fingerprint density at radius 3 is 2.71 bits per heavy atom. The maximum absolute atomic E-state index is 5.51. The Kier molecular flexibility index (Phi) is 3.35. The van der Waals surface area contributed by atoms with E-state index in [0.29, 0.717) is 0 Å². The lowest BCUT2D eigenvalue weighted by atomic mass is 10.1. The Balaban J connectivity index is 2.21. The summed E-state index contributed by atoms with van der Waals surface area (Å²) in [4.78, 5) is 4.29. The molecule has 0 radical (unpaired) electrons. The van der Waals surface area contributed by atoms with Gasteiger partial charge in [0, 0.05) is 23.0 Å². The Hall–Kier alpha value is -1.13. The van der Waals surface area contributed by atoms with Crippen LogP contribution in [0.15, 0.2) is 21.6 Å². The molecule has 0 aliphatic rings. The molecule has 17 heavy (non-hydrogen) atoms. The smallest absolute Gasteiger partial charge is 0.181 e. The van der Waals surface area contributed by atoms with Gasteiger partial charge in [-0.1, -0.05) is 0 Å². The highest BCUT2D eigenvalue weighted by atomic mass is 32.1. The third kappa shape index (κ3) is 2.96. The molecule has 2 heterocycles. The zero-order valence-electron chi connectivity index (χ0n) is 10.7. The summed E-state index contributed by atoms with van der Waals surface area (Å²) >= 11 is 1.69. The van der Waals surface area contributed by atoms with Gasteiger partial charge in [0.1, 0.15) is 5.69 Å². The van der Waals surface area contributed by atoms with Crippen molar-refractivity contribution in [3.63, 3.8) is 0 Å². The third-order valence-electron chi connectivity index (χ3n) is 2.53. The van der Waals surface area contributed by atoms with E-state index in [-0.39, 0.29) is 5.54 Å². The van der Waals surface area contributed by atoms with Gasteiger partial charge in [0.2, 0.25) is 0 Å². The van der Waals surface area contributed by atoms with E-state index in [0.717, 1.165) is 23.6 Å². The molecule has 1 N–H and O–H groups in total. The van der Waals surface area contributed by atoms with Crippen LogP contribution in [-0.4, -0.2) is 10.5 Å². The number of nitrogens with one attached hydrogen (secondary N) is 1. The topological polar surface area (TPSA) is 38.1 Å². The van der Waals surface area contributed by atoms with Crippen LogP contribution >= 0.6 is 11.3 Å². The molecule has 0 aliphatic heterocycles. The molecule has 0 unspecified atom stereocenters. The van der Waals surface area contributed by atoms with Gasteiger partial charge in [-0.05, 0) is 38.6 Å². The maximum Gasteiger partial charge on any atom is 0.181 e. The van der Waals surface area contributed by atoms with Crippen LogP contribution < -0.4 is 5.32 Å². The van der Waals surface area contributed by atoms with E-state index in [1.54, 1.807) is 11.3 Å². The van der Waals surface area contributed by atoms with Gasteiger partial charge in [-0.25, -0.2) is 4.98 Å². The second-order valence-corrected chi connectivity index (χ2v) is 5.94. The molecule has 2 rings (SSSR count). The molecule has 92 valence electrons. The second-order valence-electron chi connectivity index (χ2n) is 5.20. The molecule has 0 spiro atoms. The fraction of sp³-hybridized carbons (Fsp3) is 0.462. The highest BCUT2D eigenvalue weighted by molar-refractivity contribution is 7.08. The lowest BCUT2D eigenvalue weighted by molar-refractivity contribution is 0.421. The Morgan fingerprint density at radius 1 is 1.35 bits per heavy atom. The number of oxazole rings is 1. The van der Waals surface area contributed by atoms with Crippen molar-refractivity contribution in [1.29, 1.82) is 0 Å². The van der Waals surface area contributed by atoms with Crippen LogP contribution in [0.1, 0.15) is 32.0 Å². The van der Waals surface area contributed by atoms with Gasteiger partial charge < -0.3 is 9.73 Å². The van der Waals surface area contributed by atoms with E-state index in [1.807, 2.05) is 0 Å². The van der Waals surface area contributed by atoms with Crippen LogP contribution in [0.3, 0.4) is 0 Å². The van der Waals surface area contributed by atoms with Crippen molar-refractivity contribution in [2.75, 3.05) is 0 Å². The standard InChI is InChI=1S/C13H18N2OS/c1-9-6-17-7-10(9)12-11(14-8-16-12)5-15-13(2,3)4/h6-8,15H,5H2,1-4H3. The molecule has 2 aromatic heterocycles. The van der Waals surface area contributed by atoms with Crippen LogP contribution in [0.2, 0.25) is 0 Å². The van der Waals surface area contributed by atoms with Gasteiger partial charge in [0.15, 0.2) is 12.2 Å². The van der Waals surface area contributed by atoms with Gasteiger partial charge >= 0.3 is 0 Å². The third-order valence-corrected chi connectivity index (χ3v) is 3.39. The Labute approximate surface area is 106 Å². The van der Waals surface area contributed by atoms with Crippen molar-refractivity contribution >= 4 is 11.3 Å². The summed E-state index contributed by atoms with van der Waals surface area (Å²) in [5.41, 5.74) is 3.45. The van der Waals surface area contributed by atoms with Crippen molar-refractivity contribution in [3.8, 4) is 11.3 Å². The maximum atomic E-state index is 5.51. The SMILES string of the molecule is Cc1cscc1-c1ocnc1CNC(C)(C)C. The average Bonchev–Trinajstić information content (AvgIpc) is 2.81. The van der Waals surface area contributed by atoms with E-state index < -0.39 is 0 Å². The monoisotopic (exact) mass is 250 g/mol. The predicted molar refractivity (Wildman–Crippen MR) is 71.1 cm³/mol. The van der Waals surface area contributed by atoms with Gasteiger partial charge in [0.25, 0.3) is 0 Å². The first-order valence-electron chi connectivity index (χ1n) is 5.68. The fourth-order valence-electron chi connectivity index (χ4n) is 1.56. The molecule has 0 amide bonds. The summed E-state index contributed by atoms with van der Waals surface area (Å²) in [6, 6.07) is 0. The quantitative estimate of drug-likeness (QED) is 0.904. The molecule has 0 saturated heterocycles. The van der Waals surface area contributed by atoms with Crippen LogP contribution in [0, 0.1) is 6.92 Å². The lowest BCUT2D eigenvalue weighted by Crippen LogP contribution is -2.35. The first-order chi connectivity index (χ1) is 7.97. The number of aromatic nitrogens is 1. The first-order valence-corrected chi connectivity index (χ1v) is 6.62. The fourth-order valence-corrected chi connectivity index (χ4v) is 2.38. The van der Waals surface area contributed by atoms with Crippen LogP contribution in [-0.2, 0) is 6.54 Å². The zero-order valence-corrected chi connectivity index (χ0v) is 11.5. The van der Waals surface area contributed by atoms with E-state index in [1.165, 1.54) is 12.0 Å². The Bertz CT molecular complexity index is 493. The van der Waals surface area contributed by atoms with Gasteiger partial charge in [0.05, 0.1) is 0 Å². The zero-order chi connectivity index (χ0) is 12.5. The predicted octanol–water partition coefficient (Wildman–Crippen LogP) is 3.60. The minimum Gasteiger partial charge on any atom is -0.443 e. The first kappa shape index (κ1) is 12.3. The molecule has 4 heteroatoms. The lowest BCUT2D eigenvalue weighted by Gasteiger charge is -2.19. The molecular formula is C13H18N2OS. The van der Waals surface area contributed by atoms with Crippen LogP contribution in [0.5, 0.6) is 0 Å². The number of aryl methyl sites for hydroxylation is 1. The summed E-state index contributed by atoms with van der Waals surface area (Å²) < 4.78 is 5.51. The number of hydrogen-bond donors (Lipinski definition) is 1. The molecule has 0 fully saturated rings. The summed E-state index contributed by atoms with van der Waals surface area (Å²) in [6.07, 6.45) is 1.52. The molecule has 0 aromatic carbocycles. The molecule has 0 atom stereocenters. The minimum atomic E-state index is 0.0832. The van der Waals surface area contributed by atoms with Crippen LogP contribution in [0.4, 0.5) is 0 Å². The normalized spacial score (nSPS) is 12.0. The minimum absolute atomic E-state index is 0.0832. The second kappa shape index (κ2) is 4.63. The van der Waals surface area contributed by atoms with E-state index in [2.05, 4.69) is 48.8 Å². The number of nitrogens with zero attached hydrogens (tertiary/aromatic N) is 1. The van der Waals surface area contributed by atoms with Crippen LogP contribution in [0.25, 0.3) is 11.3 Å². The molecule has 0 saturated carbocycles. The van der Waals surface area contributed by atoms with Crippen molar-refractivity contribution in [3.05, 3.63) is 28.4 Å². The van der Waals surface area contributed by atoms with Crippen molar-refractivity contribution in [2.45, 2.75) is 39.8 Å². The van der Waals surface area contributed by atoms with Gasteiger partial charge in [-0.2, -0.15) is 11.3 Å². The van der Waals surface area contributed by atoms with Crippen molar-refractivity contribution in [1.82, 2.24) is 10.3 Å². The van der Waals surface area contributed by atoms with E-state index in [9.17, 15) is 0 Å². The molecule has 0 bridgehead atoms. The number of hydrogen-bond acceptors (Lipinski definition) is 4. The molecule has 3 nitrogen and oxygen atoms in total. The number of rotatable bonds is 3. The van der Waals surface area contributed by atoms with Crippen molar-refractivity contribution in [2.24, 2.45) is 0 Å². The Morgan fingerprint density at radius 2 is 2.12 bits per heavy atom. The summed E-state index contributed by atoms with van der Waals surface area (Å²) in [5.74, 6) is 0.889. The van der Waals surface area contributed by atoms with Gasteiger partial charge in [-0.15, -0.1) is 0 Å².